The Morgan fingerprint density at radius 1 is 1.26 bits per heavy atom. The molecule has 0 heterocycles. The first-order chi connectivity index (χ1) is 9.08. The Bertz CT molecular complexity index is 345. The average molecular weight is 266 g/mol. The quantitative estimate of drug-likeness (QED) is 0.723. The molecule has 106 valence electrons. The lowest BCUT2D eigenvalue weighted by molar-refractivity contribution is -0.143. The molecule has 0 aromatic heterocycles. The third-order valence-corrected chi connectivity index (χ3v) is 3.34. The van der Waals surface area contributed by atoms with E-state index in [0.29, 0.717) is 25.9 Å². The van der Waals surface area contributed by atoms with Gasteiger partial charge in [-0.25, -0.2) is 4.79 Å². The van der Waals surface area contributed by atoms with Crippen molar-refractivity contribution in [1.29, 1.82) is 0 Å². The van der Waals surface area contributed by atoms with Crippen molar-refractivity contribution in [2.75, 3.05) is 13.1 Å². The van der Waals surface area contributed by atoms with Crippen molar-refractivity contribution in [2.45, 2.75) is 31.7 Å². The van der Waals surface area contributed by atoms with Crippen LogP contribution in [0, 0.1) is 5.92 Å². The van der Waals surface area contributed by atoms with Gasteiger partial charge in [0.25, 0.3) is 0 Å². The molecule has 1 aliphatic carbocycles. The van der Waals surface area contributed by atoms with Crippen molar-refractivity contribution in [3.63, 3.8) is 0 Å². The van der Waals surface area contributed by atoms with E-state index in [2.05, 4.69) is 18.5 Å². The zero-order valence-electron chi connectivity index (χ0n) is 11.2. The number of aliphatic carboxylic acids is 1. The lowest BCUT2D eigenvalue weighted by atomic mass is 9.86. The molecule has 2 unspecified atom stereocenters. The minimum Gasteiger partial charge on any atom is -0.481 e. The van der Waals surface area contributed by atoms with Gasteiger partial charge in [0.15, 0.2) is 0 Å². The molecule has 0 bridgehead atoms. The number of urea groups is 1. The van der Waals surface area contributed by atoms with Crippen LogP contribution >= 0.6 is 0 Å². The number of rotatable bonds is 6. The Morgan fingerprint density at radius 3 is 2.42 bits per heavy atom. The standard InChI is InChI=1S/C14H22N2O3/c1-3-8-16(9-4-2)14(19)15-12-7-5-6-11(10-12)13(17)18/h3-4,11-12H,1-2,5-10H2,(H,15,19)(H,17,18). The third-order valence-electron chi connectivity index (χ3n) is 3.34. The highest BCUT2D eigenvalue weighted by Crippen LogP contribution is 2.24. The van der Waals surface area contributed by atoms with Crippen LogP contribution in [-0.4, -0.2) is 41.1 Å². The van der Waals surface area contributed by atoms with Crippen molar-refractivity contribution in [2.24, 2.45) is 5.92 Å². The van der Waals surface area contributed by atoms with E-state index in [-0.39, 0.29) is 18.0 Å². The molecule has 5 nitrogen and oxygen atoms in total. The van der Waals surface area contributed by atoms with E-state index in [9.17, 15) is 9.59 Å². The summed E-state index contributed by atoms with van der Waals surface area (Å²) in [6.45, 7) is 8.13. The highest BCUT2D eigenvalue weighted by atomic mass is 16.4. The summed E-state index contributed by atoms with van der Waals surface area (Å²) in [5, 5.41) is 11.9. The van der Waals surface area contributed by atoms with Crippen LogP contribution in [0.25, 0.3) is 0 Å². The molecule has 1 aliphatic rings. The predicted molar refractivity (Wildman–Crippen MR) is 73.9 cm³/mol. The van der Waals surface area contributed by atoms with Crippen LogP contribution in [0.15, 0.2) is 25.3 Å². The Labute approximate surface area is 114 Å². The molecular weight excluding hydrogens is 244 g/mol. The van der Waals surface area contributed by atoms with Gasteiger partial charge in [-0.3, -0.25) is 4.79 Å². The van der Waals surface area contributed by atoms with E-state index in [1.165, 1.54) is 0 Å². The fourth-order valence-electron chi connectivity index (χ4n) is 2.36. The molecule has 0 aliphatic heterocycles. The van der Waals surface area contributed by atoms with Crippen LogP contribution in [0.3, 0.4) is 0 Å². The summed E-state index contributed by atoms with van der Waals surface area (Å²) < 4.78 is 0. The number of nitrogens with one attached hydrogen (secondary N) is 1. The minimum atomic E-state index is -0.770. The van der Waals surface area contributed by atoms with Gasteiger partial charge in [0.05, 0.1) is 5.92 Å². The van der Waals surface area contributed by atoms with E-state index >= 15 is 0 Å². The van der Waals surface area contributed by atoms with Crippen molar-refractivity contribution >= 4 is 12.0 Å². The van der Waals surface area contributed by atoms with Crippen LogP contribution in [0.5, 0.6) is 0 Å². The molecule has 0 aromatic carbocycles. The van der Waals surface area contributed by atoms with Crippen molar-refractivity contribution < 1.29 is 14.7 Å². The van der Waals surface area contributed by atoms with Crippen LogP contribution in [0.2, 0.25) is 0 Å². The summed E-state index contributed by atoms with van der Waals surface area (Å²) >= 11 is 0. The second kappa shape index (κ2) is 7.61. The first-order valence-electron chi connectivity index (χ1n) is 6.58. The maximum atomic E-state index is 12.0. The summed E-state index contributed by atoms with van der Waals surface area (Å²) in [5.41, 5.74) is 0. The molecule has 0 saturated heterocycles. The van der Waals surface area contributed by atoms with Crippen LogP contribution in [0.1, 0.15) is 25.7 Å². The lowest BCUT2D eigenvalue weighted by Gasteiger charge is -2.29. The molecule has 0 spiro atoms. The normalized spacial score (nSPS) is 22.3. The van der Waals surface area contributed by atoms with Crippen LogP contribution in [-0.2, 0) is 4.79 Å². The SMILES string of the molecule is C=CCN(CC=C)C(=O)NC1CCCC(C(=O)O)C1. The Balaban J connectivity index is 2.52. The van der Waals surface area contributed by atoms with Gasteiger partial charge in [-0.1, -0.05) is 18.6 Å². The van der Waals surface area contributed by atoms with Gasteiger partial charge in [-0.2, -0.15) is 0 Å². The zero-order valence-corrected chi connectivity index (χ0v) is 11.2. The molecule has 2 N–H and O–H groups in total. The van der Waals surface area contributed by atoms with Crippen molar-refractivity contribution in [3.8, 4) is 0 Å². The molecule has 2 atom stereocenters. The number of carboxylic acid groups (broad SMARTS) is 1. The molecule has 0 aromatic rings. The Kier molecular flexibility index (Phi) is 6.12. The average Bonchev–Trinajstić information content (AvgIpc) is 2.38. The maximum Gasteiger partial charge on any atom is 0.318 e. The molecule has 19 heavy (non-hydrogen) atoms. The molecule has 0 radical (unpaired) electrons. The highest BCUT2D eigenvalue weighted by Gasteiger charge is 2.28. The van der Waals surface area contributed by atoms with E-state index in [1.54, 1.807) is 17.1 Å². The van der Waals surface area contributed by atoms with Gasteiger partial charge in [0, 0.05) is 19.1 Å². The number of carboxylic acids is 1. The monoisotopic (exact) mass is 266 g/mol. The van der Waals surface area contributed by atoms with E-state index in [1.807, 2.05) is 0 Å². The predicted octanol–water partition coefficient (Wildman–Crippen LogP) is 2.01. The number of hydrogen-bond donors (Lipinski definition) is 2. The summed E-state index contributed by atoms with van der Waals surface area (Å²) in [7, 11) is 0. The van der Waals surface area contributed by atoms with Crippen molar-refractivity contribution in [3.05, 3.63) is 25.3 Å². The van der Waals surface area contributed by atoms with E-state index in [0.717, 1.165) is 12.8 Å². The van der Waals surface area contributed by atoms with Crippen LogP contribution < -0.4 is 5.32 Å². The largest absolute Gasteiger partial charge is 0.481 e. The highest BCUT2D eigenvalue weighted by molar-refractivity contribution is 5.75. The second-order valence-corrected chi connectivity index (χ2v) is 4.83. The Morgan fingerprint density at radius 2 is 1.89 bits per heavy atom. The molecule has 1 rings (SSSR count). The van der Waals surface area contributed by atoms with Crippen molar-refractivity contribution in [1.82, 2.24) is 10.2 Å². The molecule has 2 amide bonds. The number of carbonyl (C=O) groups excluding carboxylic acids is 1. The molecule has 1 saturated carbocycles. The van der Waals surface area contributed by atoms with Gasteiger partial charge in [-0.05, 0) is 19.3 Å². The molecule has 1 fully saturated rings. The fourth-order valence-corrected chi connectivity index (χ4v) is 2.36. The van der Waals surface area contributed by atoms with Gasteiger partial charge in [0.2, 0.25) is 0 Å². The van der Waals surface area contributed by atoms with Gasteiger partial charge >= 0.3 is 12.0 Å². The summed E-state index contributed by atoms with van der Waals surface area (Å²) in [6.07, 6.45) is 6.20. The number of amides is 2. The summed E-state index contributed by atoms with van der Waals surface area (Å²) in [5.74, 6) is -1.11. The molecular formula is C14H22N2O3. The zero-order chi connectivity index (χ0) is 14.3. The fraction of sp³-hybridized carbons (Fsp3) is 0.571. The minimum absolute atomic E-state index is 0.0560. The summed E-state index contributed by atoms with van der Waals surface area (Å²) in [6, 6.07) is -0.240. The first kappa shape index (κ1) is 15.3. The van der Waals surface area contributed by atoms with Gasteiger partial charge in [0.1, 0.15) is 0 Å². The van der Waals surface area contributed by atoms with Crippen LogP contribution in [0.4, 0.5) is 4.79 Å². The maximum absolute atomic E-state index is 12.0. The lowest BCUT2D eigenvalue weighted by Crippen LogP contribution is -2.47. The smallest absolute Gasteiger partial charge is 0.318 e. The molecule has 5 heteroatoms. The second-order valence-electron chi connectivity index (χ2n) is 4.83. The first-order valence-corrected chi connectivity index (χ1v) is 6.58. The number of hydrogen-bond acceptors (Lipinski definition) is 2. The van der Waals surface area contributed by atoms with Gasteiger partial charge < -0.3 is 15.3 Å². The summed E-state index contributed by atoms with van der Waals surface area (Å²) in [4.78, 5) is 24.6. The Hall–Kier alpha value is -1.78. The van der Waals surface area contributed by atoms with E-state index in [4.69, 9.17) is 5.11 Å². The van der Waals surface area contributed by atoms with Gasteiger partial charge in [-0.15, -0.1) is 13.2 Å². The number of nitrogens with zero attached hydrogens (tertiary/aromatic N) is 1. The van der Waals surface area contributed by atoms with E-state index < -0.39 is 5.97 Å². The number of carbonyl (C=O) groups is 2. The topological polar surface area (TPSA) is 69.6 Å². The third kappa shape index (κ3) is 4.77.